The van der Waals surface area contributed by atoms with E-state index in [0.717, 1.165) is 5.56 Å². The van der Waals surface area contributed by atoms with Gasteiger partial charge >= 0.3 is 17.9 Å². The normalized spacial score (nSPS) is 10.1. The Morgan fingerprint density at radius 2 is 1.00 bits per heavy atom. The molecule has 0 aliphatic heterocycles. The lowest BCUT2D eigenvalue weighted by Gasteiger charge is -2.02. The van der Waals surface area contributed by atoms with Crippen LogP contribution in [-0.2, 0) is 14.4 Å². The third kappa shape index (κ3) is 10.6. The summed E-state index contributed by atoms with van der Waals surface area (Å²) >= 11 is 9.56. The lowest BCUT2D eigenvalue weighted by molar-refractivity contribution is -0.135. The molecule has 3 aromatic rings. The molecular formula is C25H20Cl2O7. The molecule has 0 fully saturated rings. The molecule has 0 spiro atoms. The van der Waals surface area contributed by atoms with Gasteiger partial charge in [-0.3, -0.25) is 4.79 Å². The van der Waals surface area contributed by atoms with E-state index in [2.05, 4.69) is 0 Å². The van der Waals surface area contributed by atoms with Crippen molar-refractivity contribution in [1.82, 2.24) is 0 Å². The Kier molecular flexibility index (Phi) is 12.4. The fourth-order valence-electron chi connectivity index (χ4n) is 2.32. The zero-order valence-corrected chi connectivity index (χ0v) is 19.1. The largest absolute Gasteiger partial charge is 0.479 e. The Bertz CT molecular complexity index is 1110. The maximum absolute atomic E-state index is 11.2. The number of rotatable bonds is 6. The Morgan fingerprint density at radius 3 is 1.35 bits per heavy atom. The van der Waals surface area contributed by atoms with Crippen molar-refractivity contribution >= 4 is 58.5 Å². The maximum Gasteiger partial charge on any atom is 0.377 e. The lowest BCUT2D eigenvalue weighted by atomic mass is 10.0. The summed E-state index contributed by atoms with van der Waals surface area (Å²) in [6.07, 6.45) is 1.68. The fourth-order valence-corrected chi connectivity index (χ4v) is 2.32. The number of Topliss-reactive ketones (excluding diaryl/α,β-unsaturated/α-hetero) is 1. The number of benzene rings is 3. The second kappa shape index (κ2) is 15.0. The van der Waals surface area contributed by atoms with Crippen LogP contribution >= 0.6 is 23.2 Å². The molecule has 0 atom stereocenters. The van der Waals surface area contributed by atoms with E-state index in [1.807, 2.05) is 48.5 Å². The summed E-state index contributed by atoms with van der Waals surface area (Å²) in [7, 11) is 0. The predicted molar refractivity (Wildman–Crippen MR) is 130 cm³/mol. The standard InChI is InChI=1S/C15H12O2.C8H6O3.C2H2Cl2O2/c16-15(17)14(13-9-5-2-6-10-13)11-12-7-3-1-4-8-12;9-7(8(10)11)6-4-2-1-3-5-6;3-1(4)2(5)6/h1-11H,(H,16,17);1-5H,(H,10,11);1H,(H,5,6). The molecule has 7 nitrogen and oxygen atoms in total. The smallest absolute Gasteiger partial charge is 0.377 e. The molecule has 3 rings (SSSR count). The van der Waals surface area contributed by atoms with Gasteiger partial charge in [-0.15, -0.1) is 0 Å². The van der Waals surface area contributed by atoms with Gasteiger partial charge in [0.05, 0.1) is 5.57 Å². The van der Waals surface area contributed by atoms with Gasteiger partial charge in [0.15, 0.2) is 0 Å². The molecule has 176 valence electrons. The topological polar surface area (TPSA) is 129 Å². The number of carboxylic acid groups (broad SMARTS) is 3. The number of hydrogen-bond donors (Lipinski definition) is 3. The van der Waals surface area contributed by atoms with Crippen molar-refractivity contribution in [2.24, 2.45) is 0 Å². The third-order valence-electron chi connectivity index (χ3n) is 3.84. The minimum atomic E-state index is -1.42. The molecule has 3 aromatic carbocycles. The summed E-state index contributed by atoms with van der Waals surface area (Å²) in [4.78, 5) is 40.3. The van der Waals surface area contributed by atoms with Gasteiger partial charge < -0.3 is 15.3 Å². The third-order valence-corrected chi connectivity index (χ3v) is 4.22. The Hall–Kier alpha value is -3.94. The van der Waals surface area contributed by atoms with Gasteiger partial charge in [0, 0.05) is 5.56 Å². The summed E-state index contributed by atoms with van der Waals surface area (Å²) in [6, 6.07) is 26.5. The van der Waals surface area contributed by atoms with Crippen LogP contribution in [0.15, 0.2) is 91.0 Å². The molecule has 0 saturated heterocycles. The van der Waals surface area contributed by atoms with Crippen LogP contribution in [-0.4, -0.2) is 43.8 Å². The number of aliphatic carboxylic acids is 3. The maximum atomic E-state index is 11.2. The lowest BCUT2D eigenvalue weighted by Crippen LogP contribution is -2.12. The van der Waals surface area contributed by atoms with Crippen LogP contribution in [0.1, 0.15) is 21.5 Å². The first kappa shape index (κ1) is 28.1. The molecule has 0 bridgehead atoms. The van der Waals surface area contributed by atoms with Crippen LogP contribution in [0.5, 0.6) is 0 Å². The minimum Gasteiger partial charge on any atom is -0.479 e. The highest BCUT2D eigenvalue weighted by molar-refractivity contribution is 6.52. The molecule has 9 heteroatoms. The molecule has 0 amide bonds. The summed E-state index contributed by atoms with van der Waals surface area (Å²) in [5, 5.41) is 25.2. The van der Waals surface area contributed by atoms with Gasteiger partial charge in [0.2, 0.25) is 4.84 Å². The van der Waals surface area contributed by atoms with Crippen molar-refractivity contribution in [3.05, 3.63) is 108 Å². The number of halogens is 2. The first-order valence-electron chi connectivity index (χ1n) is 9.52. The average molecular weight is 503 g/mol. The van der Waals surface area contributed by atoms with Crippen molar-refractivity contribution in [1.29, 1.82) is 0 Å². The van der Waals surface area contributed by atoms with E-state index in [0.29, 0.717) is 11.1 Å². The molecule has 0 heterocycles. The second-order valence-corrected chi connectivity index (χ2v) is 7.38. The zero-order chi connectivity index (χ0) is 25.5. The fraction of sp³-hybridized carbons (Fsp3) is 0.0400. The summed E-state index contributed by atoms with van der Waals surface area (Å²) < 4.78 is 0. The molecule has 0 radical (unpaired) electrons. The van der Waals surface area contributed by atoms with Gasteiger partial charge in [0.1, 0.15) is 0 Å². The second-order valence-electron chi connectivity index (χ2n) is 6.28. The molecule has 3 N–H and O–H groups in total. The van der Waals surface area contributed by atoms with E-state index in [-0.39, 0.29) is 5.56 Å². The van der Waals surface area contributed by atoms with E-state index in [1.54, 1.807) is 36.4 Å². The summed E-state index contributed by atoms with van der Waals surface area (Å²) in [6.45, 7) is 0. The van der Waals surface area contributed by atoms with Crippen molar-refractivity contribution in [3.8, 4) is 0 Å². The minimum absolute atomic E-state index is 0.208. The van der Waals surface area contributed by atoms with Crippen LogP contribution < -0.4 is 0 Å². The highest BCUT2D eigenvalue weighted by Gasteiger charge is 2.12. The van der Waals surface area contributed by atoms with Crippen LogP contribution in [0, 0.1) is 0 Å². The number of carbonyl (C=O) groups is 4. The number of ketones is 1. The van der Waals surface area contributed by atoms with Crippen molar-refractivity contribution in [3.63, 3.8) is 0 Å². The van der Waals surface area contributed by atoms with Gasteiger partial charge in [-0.05, 0) is 17.2 Å². The molecule has 0 aliphatic rings. The number of carboxylic acids is 3. The Morgan fingerprint density at radius 1 is 0.618 bits per heavy atom. The molecule has 0 unspecified atom stereocenters. The van der Waals surface area contributed by atoms with E-state index >= 15 is 0 Å². The van der Waals surface area contributed by atoms with Gasteiger partial charge in [-0.1, -0.05) is 114 Å². The number of alkyl halides is 2. The van der Waals surface area contributed by atoms with Crippen molar-refractivity contribution < 1.29 is 34.5 Å². The molecule has 0 aliphatic carbocycles. The van der Waals surface area contributed by atoms with Gasteiger partial charge in [0.25, 0.3) is 5.78 Å². The Labute approximate surface area is 205 Å². The van der Waals surface area contributed by atoms with Crippen LogP contribution in [0.2, 0.25) is 0 Å². The highest BCUT2D eigenvalue weighted by atomic mass is 35.5. The van der Waals surface area contributed by atoms with E-state index < -0.39 is 28.5 Å². The van der Waals surface area contributed by atoms with Gasteiger partial charge in [-0.2, -0.15) is 0 Å². The SMILES string of the molecule is O=C(O)C(=Cc1ccccc1)c1ccccc1.O=C(O)C(=O)c1ccccc1.O=C(O)C(Cl)Cl. The predicted octanol–water partition coefficient (Wildman–Crippen LogP) is 5.14. The Balaban J connectivity index is 0.000000292. The molecule has 0 aromatic heterocycles. The van der Waals surface area contributed by atoms with Gasteiger partial charge in [-0.25, -0.2) is 14.4 Å². The molecule has 34 heavy (non-hydrogen) atoms. The van der Waals surface area contributed by atoms with Crippen LogP contribution in [0.3, 0.4) is 0 Å². The zero-order valence-electron chi connectivity index (χ0n) is 17.5. The highest BCUT2D eigenvalue weighted by Crippen LogP contribution is 2.18. The summed E-state index contributed by atoms with van der Waals surface area (Å²) in [5.74, 6) is -4.42. The first-order valence-corrected chi connectivity index (χ1v) is 10.4. The number of hydrogen-bond acceptors (Lipinski definition) is 4. The average Bonchev–Trinajstić information content (AvgIpc) is 2.84. The van der Waals surface area contributed by atoms with Crippen LogP contribution in [0.4, 0.5) is 0 Å². The molecule has 0 saturated carbocycles. The summed E-state index contributed by atoms with van der Waals surface area (Å²) in [5.41, 5.74) is 2.11. The van der Waals surface area contributed by atoms with Crippen molar-refractivity contribution in [2.45, 2.75) is 4.84 Å². The number of carbonyl (C=O) groups excluding carboxylic acids is 1. The quantitative estimate of drug-likeness (QED) is 0.140. The molecular weight excluding hydrogens is 483 g/mol. The monoisotopic (exact) mass is 502 g/mol. The van der Waals surface area contributed by atoms with Crippen molar-refractivity contribution in [2.75, 3.05) is 0 Å². The first-order chi connectivity index (χ1) is 16.1. The van der Waals surface area contributed by atoms with E-state index in [1.165, 1.54) is 12.1 Å². The van der Waals surface area contributed by atoms with Crippen LogP contribution in [0.25, 0.3) is 11.6 Å². The van der Waals surface area contributed by atoms with E-state index in [4.69, 9.17) is 33.4 Å². The van der Waals surface area contributed by atoms with E-state index in [9.17, 15) is 24.3 Å².